The molecule has 0 radical (unpaired) electrons. The summed E-state index contributed by atoms with van der Waals surface area (Å²) in [5.74, 6) is 1.21. The number of benzene rings is 2. The minimum absolute atomic E-state index is 0.495. The van der Waals surface area contributed by atoms with E-state index in [1.807, 2.05) is 37.4 Å². The van der Waals surface area contributed by atoms with Gasteiger partial charge in [-0.05, 0) is 31.0 Å². The van der Waals surface area contributed by atoms with Crippen LogP contribution in [0.25, 0.3) is 22.2 Å². The Balaban J connectivity index is 1.64. The fourth-order valence-corrected chi connectivity index (χ4v) is 4.41. The largest absolute Gasteiger partial charge is 0.494 e. The summed E-state index contributed by atoms with van der Waals surface area (Å²) in [5.41, 5.74) is 12.1. The van der Waals surface area contributed by atoms with Gasteiger partial charge in [-0.25, -0.2) is 9.97 Å². The van der Waals surface area contributed by atoms with Crippen molar-refractivity contribution >= 4 is 33.9 Å². The molecule has 0 aliphatic rings. The van der Waals surface area contributed by atoms with E-state index in [1.54, 1.807) is 13.3 Å². The van der Waals surface area contributed by atoms with Gasteiger partial charge in [-0.15, -0.1) is 0 Å². The molecule has 0 saturated carbocycles. The van der Waals surface area contributed by atoms with Crippen molar-refractivity contribution in [2.24, 2.45) is 7.05 Å². The van der Waals surface area contributed by atoms with Gasteiger partial charge in [0.15, 0.2) is 0 Å². The summed E-state index contributed by atoms with van der Waals surface area (Å²) >= 11 is 0. The third-order valence-electron chi connectivity index (χ3n) is 6.33. The lowest BCUT2D eigenvalue weighted by Gasteiger charge is -2.27. The predicted octanol–water partition coefficient (Wildman–Crippen LogP) is 6.38. The number of rotatable bonds is 11. The molecular weight excluding hydrogens is 436 g/mol. The minimum Gasteiger partial charge on any atom is -0.494 e. The molecule has 0 amide bonds. The third kappa shape index (κ3) is 5.34. The van der Waals surface area contributed by atoms with Gasteiger partial charge < -0.3 is 25.3 Å². The van der Waals surface area contributed by atoms with Crippen molar-refractivity contribution in [3.8, 4) is 17.0 Å². The van der Waals surface area contributed by atoms with Gasteiger partial charge in [-0.1, -0.05) is 44.9 Å². The number of aryl methyl sites for hydroxylation is 1. The Hall–Kier alpha value is -3.74. The maximum absolute atomic E-state index is 6.55. The fourth-order valence-electron chi connectivity index (χ4n) is 4.41. The van der Waals surface area contributed by atoms with E-state index in [4.69, 9.17) is 15.5 Å². The van der Waals surface area contributed by atoms with Crippen LogP contribution in [0.2, 0.25) is 0 Å². The standard InChI is InChI=1S/C28H36N6O/c1-5-7-15-34(16-8-6-2)26-18-27(35-4)24(17-22(26)29)32-28-30-14-13-23(31-28)21-19-33(3)25-12-10-9-11-20(21)25/h9-14,17-19H,5-8,15-16,29H2,1-4H3,(H,30,31,32). The number of nitrogen functional groups attached to an aromatic ring is 1. The lowest BCUT2D eigenvalue weighted by Crippen LogP contribution is -2.26. The highest BCUT2D eigenvalue weighted by Crippen LogP contribution is 2.37. The molecule has 2 heterocycles. The first kappa shape index (κ1) is 24.4. The Morgan fingerprint density at radius 1 is 1.06 bits per heavy atom. The number of nitrogens with zero attached hydrogens (tertiary/aromatic N) is 4. The van der Waals surface area contributed by atoms with E-state index < -0.39 is 0 Å². The molecule has 3 N–H and O–H groups in total. The van der Waals surface area contributed by atoms with Crippen LogP contribution in [-0.2, 0) is 7.05 Å². The lowest BCUT2D eigenvalue weighted by molar-refractivity contribution is 0.416. The van der Waals surface area contributed by atoms with Crippen LogP contribution >= 0.6 is 0 Å². The number of unbranched alkanes of at least 4 members (excludes halogenated alkanes) is 2. The number of hydrogen-bond acceptors (Lipinski definition) is 6. The molecule has 0 aliphatic carbocycles. The average Bonchev–Trinajstić information content (AvgIpc) is 3.21. The molecule has 0 saturated heterocycles. The number of nitrogens with two attached hydrogens (primary N) is 1. The second kappa shape index (κ2) is 11.1. The zero-order valence-corrected chi connectivity index (χ0v) is 21.2. The first-order valence-corrected chi connectivity index (χ1v) is 12.4. The molecule has 0 fully saturated rings. The number of fused-ring (bicyclic) bond motifs is 1. The summed E-state index contributed by atoms with van der Waals surface area (Å²) in [5, 5.41) is 4.49. The molecular formula is C28H36N6O. The van der Waals surface area contributed by atoms with Crippen LogP contribution in [0.4, 0.5) is 23.0 Å². The highest BCUT2D eigenvalue weighted by atomic mass is 16.5. The fraction of sp³-hybridized carbons (Fsp3) is 0.357. The molecule has 0 aliphatic heterocycles. The van der Waals surface area contributed by atoms with Crippen LogP contribution in [-0.4, -0.2) is 34.7 Å². The van der Waals surface area contributed by atoms with Gasteiger partial charge in [-0.2, -0.15) is 0 Å². The summed E-state index contributed by atoms with van der Waals surface area (Å²) in [6, 6.07) is 14.2. The van der Waals surface area contributed by atoms with Crippen molar-refractivity contribution in [2.45, 2.75) is 39.5 Å². The highest BCUT2D eigenvalue weighted by molar-refractivity contribution is 5.95. The normalized spacial score (nSPS) is 11.1. The van der Waals surface area contributed by atoms with Gasteiger partial charge >= 0.3 is 0 Å². The summed E-state index contributed by atoms with van der Waals surface area (Å²) < 4.78 is 7.86. The maximum atomic E-state index is 6.55. The molecule has 0 unspecified atom stereocenters. The van der Waals surface area contributed by atoms with Gasteiger partial charge in [0.2, 0.25) is 5.95 Å². The summed E-state index contributed by atoms with van der Waals surface area (Å²) in [6.45, 7) is 6.38. The van der Waals surface area contributed by atoms with Crippen molar-refractivity contribution in [2.75, 3.05) is 36.1 Å². The van der Waals surface area contributed by atoms with Gasteiger partial charge in [0.25, 0.3) is 0 Å². The van der Waals surface area contributed by atoms with Crippen molar-refractivity contribution < 1.29 is 4.74 Å². The molecule has 2 aromatic heterocycles. The van der Waals surface area contributed by atoms with E-state index >= 15 is 0 Å². The SMILES string of the molecule is CCCCN(CCCC)c1cc(OC)c(Nc2nccc(-c3cn(C)c4ccccc34)n2)cc1N. The van der Waals surface area contributed by atoms with E-state index in [0.717, 1.165) is 72.3 Å². The topological polar surface area (TPSA) is 81.2 Å². The maximum Gasteiger partial charge on any atom is 0.227 e. The van der Waals surface area contributed by atoms with Crippen molar-refractivity contribution in [3.63, 3.8) is 0 Å². The molecule has 184 valence electrons. The summed E-state index contributed by atoms with van der Waals surface area (Å²) in [7, 11) is 3.72. The molecule has 0 bridgehead atoms. The molecule has 2 aromatic carbocycles. The number of ether oxygens (including phenoxy) is 1. The predicted molar refractivity (Wildman–Crippen MR) is 147 cm³/mol. The van der Waals surface area contributed by atoms with E-state index in [9.17, 15) is 0 Å². The Labute approximate surface area is 207 Å². The monoisotopic (exact) mass is 472 g/mol. The number of anilines is 4. The van der Waals surface area contributed by atoms with Gasteiger partial charge in [-0.3, -0.25) is 0 Å². The molecule has 35 heavy (non-hydrogen) atoms. The molecule has 7 nitrogen and oxygen atoms in total. The number of para-hydroxylation sites is 1. The van der Waals surface area contributed by atoms with Crippen molar-refractivity contribution in [3.05, 3.63) is 54.9 Å². The van der Waals surface area contributed by atoms with Crippen LogP contribution in [0.5, 0.6) is 5.75 Å². The van der Waals surface area contributed by atoms with E-state index in [-0.39, 0.29) is 0 Å². The van der Waals surface area contributed by atoms with Gasteiger partial charge in [0.05, 0.1) is 29.9 Å². The number of nitrogens with one attached hydrogen (secondary N) is 1. The second-order valence-corrected chi connectivity index (χ2v) is 8.87. The average molecular weight is 473 g/mol. The highest BCUT2D eigenvalue weighted by Gasteiger charge is 2.16. The summed E-state index contributed by atoms with van der Waals surface area (Å²) in [4.78, 5) is 11.6. The van der Waals surface area contributed by atoms with E-state index in [1.165, 1.54) is 0 Å². The van der Waals surface area contributed by atoms with E-state index in [2.05, 4.69) is 51.9 Å². The Morgan fingerprint density at radius 2 is 1.80 bits per heavy atom. The minimum atomic E-state index is 0.495. The number of methoxy groups -OCH3 is 1. The Morgan fingerprint density at radius 3 is 2.51 bits per heavy atom. The second-order valence-electron chi connectivity index (χ2n) is 8.87. The van der Waals surface area contributed by atoms with Crippen LogP contribution in [0.3, 0.4) is 0 Å². The van der Waals surface area contributed by atoms with Gasteiger partial charge in [0.1, 0.15) is 5.75 Å². The van der Waals surface area contributed by atoms with Crippen molar-refractivity contribution in [1.29, 1.82) is 0 Å². The van der Waals surface area contributed by atoms with Crippen LogP contribution in [0.15, 0.2) is 54.9 Å². The molecule has 4 aromatic rings. The van der Waals surface area contributed by atoms with Gasteiger partial charge in [0, 0.05) is 55.1 Å². The number of hydrogen-bond donors (Lipinski definition) is 2. The van der Waals surface area contributed by atoms with Crippen molar-refractivity contribution in [1.82, 2.24) is 14.5 Å². The zero-order chi connectivity index (χ0) is 24.8. The smallest absolute Gasteiger partial charge is 0.227 e. The number of aromatic nitrogens is 3. The van der Waals surface area contributed by atoms with Crippen LogP contribution in [0, 0.1) is 0 Å². The zero-order valence-electron chi connectivity index (χ0n) is 21.2. The third-order valence-corrected chi connectivity index (χ3v) is 6.33. The molecule has 0 spiro atoms. The quantitative estimate of drug-likeness (QED) is 0.247. The molecule has 7 heteroatoms. The van der Waals surface area contributed by atoms with Crippen LogP contribution < -0.4 is 20.7 Å². The Kier molecular flexibility index (Phi) is 7.75. The van der Waals surface area contributed by atoms with Crippen LogP contribution in [0.1, 0.15) is 39.5 Å². The summed E-state index contributed by atoms with van der Waals surface area (Å²) in [6.07, 6.45) is 8.41. The first-order chi connectivity index (χ1) is 17.0. The first-order valence-electron chi connectivity index (χ1n) is 12.4. The Bertz CT molecular complexity index is 1270. The molecule has 0 atom stereocenters. The molecule has 4 rings (SSSR count). The van der Waals surface area contributed by atoms with E-state index in [0.29, 0.717) is 17.4 Å². The lowest BCUT2D eigenvalue weighted by atomic mass is 10.1.